The summed E-state index contributed by atoms with van der Waals surface area (Å²) in [6.07, 6.45) is 9.91. The molecule has 0 aromatic heterocycles. The molecule has 1 aromatic rings. The molecule has 2 heterocycles. The van der Waals surface area contributed by atoms with Crippen LogP contribution in [0.3, 0.4) is 0 Å². The van der Waals surface area contributed by atoms with Crippen molar-refractivity contribution in [3.05, 3.63) is 41.4 Å². The van der Waals surface area contributed by atoms with Gasteiger partial charge < -0.3 is 38.6 Å². The maximum Gasteiger partial charge on any atom is 0.303 e. The van der Waals surface area contributed by atoms with E-state index >= 15 is 0 Å². The van der Waals surface area contributed by atoms with E-state index < -0.39 is 18.2 Å². The van der Waals surface area contributed by atoms with Gasteiger partial charge in [0.25, 0.3) is 0 Å². The van der Waals surface area contributed by atoms with Crippen LogP contribution in [0.5, 0.6) is 5.75 Å². The van der Waals surface area contributed by atoms with Gasteiger partial charge >= 0.3 is 5.97 Å². The predicted molar refractivity (Wildman–Crippen MR) is 153 cm³/mol. The summed E-state index contributed by atoms with van der Waals surface area (Å²) in [4.78, 5) is 10.8. The number of carbonyl (C=O) groups is 1. The van der Waals surface area contributed by atoms with E-state index in [9.17, 15) is 9.90 Å². The quantitative estimate of drug-likeness (QED) is 0.188. The fraction of sp³-hybridized carbons (Fsp3) is 0.710. The third kappa shape index (κ3) is 11.1. The summed E-state index contributed by atoms with van der Waals surface area (Å²) in [6.45, 7) is 1.83. The maximum absolute atomic E-state index is 11.0. The van der Waals surface area contributed by atoms with Gasteiger partial charge in [-0.25, -0.2) is 0 Å². The van der Waals surface area contributed by atoms with Crippen LogP contribution in [0, 0.1) is 5.92 Å². The molecular formula is C31H45ClO9. The molecule has 0 radical (unpaired) electrons. The average Bonchev–Trinajstić information content (AvgIpc) is 3.26. The van der Waals surface area contributed by atoms with Crippen LogP contribution in [-0.2, 0) is 28.5 Å². The van der Waals surface area contributed by atoms with Crippen LogP contribution in [0.1, 0.15) is 70.6 Å². The number of aliphatic hydroxyl groups is 1. The van der Waals surface area contributed by atoms with Crippen LogP contribution in [-0.4, -0.2) is 79.6 Å². The molecule has 1 saturated carbocycles. The lowest BCUT2D eigenvalue weighted by atomic mass is 9.98. The molecule has 7 atom stereocenters. The lowest BCUT2D eigenvalue weighted by Gasteiger charge is -2.32. The van der Waals surface area contributed by atoms with Gasteiger partial charge in [-0.3, -0.25) is 4.79 Å². The van der Waals surface area contributed by atoms with Crippen LogP contribution in [0.4, 0.5) is 0 Å². The summed E-state index contributed by atoms with van der Waals surface area (Å²) < 4.78 is 36.9. The number of aliphatic carboxylic acids is 1. The summed E-state index contributed by atoms with van der Waals surface area (Å²) in [5.41, 5.74) is 0. The van der Waals surface area contributed by atoms with Crippen molar-refractivity contribution in [2.45, 2.75) is 108 Å². The van der Waals surface area contributed by atoms with Crippen LogP contribution in [0.25, 0.3) is 0 Å². The number of halogens is 1. The van der Waals surface area contributed by atoms with Crippen LogP contribution < -0.4 is 4.74 Å². The van der Waals surface area contributed by atoms with Crippen molar-refractivity contribution >= 4 is 17.6 Å². The largest absolute Gasteiger partial charge is 0.491 e. The first-order valence-electron chi connectivity index (χ1n) is 15.1. The van der Waals surface area contributed by atoms with Crippen molar-refractivity contribution in [2.75, 3.05) is 26.4 Å². The van der Waals surface area contributed by atoms with E-state index in [1.165, 1.54) is 0 Å². The summed E-state index contributed by atoms with van der Waals surface area (Å²) in [5.74, 6) is -0.328. The van der Waals surface area contributed by atoms with E-state index in [2.05, 4.69) is 0 Å². The van der Waals surface area contributed by atoms with E-state index in [0.29, 0.717) is 49.7 Å². The molecule has 230 valence electrons. The predicted octanol–water partition coefficient (Wildman–Crippen LogP) is 5.51. The molecule has 1 aliphatic carbocycles. The number of unbranched alkanes of at least 4 members (excludes halogenated alkanes) is 1. The third-order valence-electron chi connectivity index (χ3n) is 7.75. The Morgan fingerprint density at radius 1 is 1.07 bits per heavy atom. The van der Waals surface area contributed by atoms with Gasteiger partial charge in [0.05, 0.1) is 24.9 Å². The molecule has 2 saturated heterocycles. The topological polar surface area (TPSA) is 113 Å². The first kappa shape index (κ1) is 32.2. The molecule has 0 spiro atoms. The van der Waals surface area contributed by atoms with E-state index in [0.717, 1.165) is 38.5 Å². The first-order valence-corrected chi connectivity index (χ1v) is 15.4. The second kappa shape index (κ2) is 17.4. The van der Waals surface area contributed by atoms with Crippen molar-refractivity contribution in [2.24, 2.45) is 5.92 Å². The Kier molecular flexibility index (Phi) is 13.7. The van der Waals surface area contributed by atoms with Crippen molar-refractivity contribution in [3.63, 3.8) is 0 Å². The molecule has 0 bridgehead atoms. The number of aliphatic hydroxyl groups excluding tert-OH is 1. The Labute approximate surface area is 248 Å². The normalized spacial score (nSPS) is 29.5. The molecule has 3 unspecified atom stereocenters. The Balaban J connectivity index is 1.40. The van der Waals surface area contributed by atoms with Gasteiger partial charge in [0.2, 0.25) is 0 Å². The zero-order chi connectivity index (χ0) is 28.9. The number of carboxylic acids is 1. The van der Waals surface area contributed by atoms with Gasteiger partial charge in [-0.1, -0.05) is 29.8 Å². The second-order valence-corrected chi connectivity index (χ2v) is 11.5. The molecule has 9 nitrogen and oxygen atoms in total. The van der Waals surface area contributed by atoms with E-state index in [4.69, 9.17) is 45.1 Å². The third-order valence-corrected chi connectivity index (χ3v) is 7.98. The van der Waals surface area contributed by atoms with Crippen molar-refractivity contribution in [3.8, 4) is 5.75 Å². The minimum atomic E-state index is -0.794. The Morgan fingerprint density at radius 3 is 2.56 bits per heavy atom. The lowest BCUT2D eigenvalue weighted by molar-refractivity contribution is -0.226. The highest BCUT2D eigenvalue weighted by Crippen LogP contribution is 2.36. The first-order chi connectivity index (χ1) is 20.0. The summed E-state index contributed by atoms with van der Waals surface area (Å²) in [5, 5.41) is 20.5. The monoisotopic (exact) mass is 596 g/mol. The Morgan fingerprint density at radius 2 is 1.85 bits per heavy atom. The molecule has 10 heteroatoms. The smallest absolute Gasteiger partial charge is 0.303 e. The lowest BCUT2D eigenvalue weighted by Crippen LogP contribution is -2.40. The zero-order valence-corrected chi connectivity index (χ0v) is 24.5. The van der Waals surface area contributed by atoms with Gasteiger partial charge in [0, 0.05) is 37.0 Å². The van der Waals surface area contributed by atoms with E-state index in [-0.39, 0.29) is 50.3 Å². The minimum absolute atomic E-state index is 0.142. The van der Waals surface area contributed by atoms with Gasteiger partial charge in [-0.15, -0.1) is 0 Å². The zero-order valence-electron chi connectivity index (χ0n) is 23.7. The highest BCUT2D eigenvalue weighted by molar-refractivity contribution is 6.30. The van der Waals surface area contributed by atoms with Crippen LogP contribution in [0.2, 0.25) is 5.02 Å². The molecule has 1 aromatic carbocycles. The summed E-state index contributed by atoms with van der Waals surface area (Å²) in [7, 11) is 0. The number of allylic oxidation sites excluding steroid dienone is 2. The number of hydrogen-bond donors (Lipinski definition) is 2. The highest BCUT2D eigenvalue weighted by Gasteiger charge is 2.45. The maximum atomic E-state index is 11.0. The van der Waals surface area contributed by atoms with Crippen LogP contribution >= 0.6 is 11.6 Å². The molecule has 3 fully saturated rings. The van der Waals surface area contributed by atoms with Crippen molar-refractivity contribution in [1.82, 2.24) is 0 Å². The van der Waals surface area contributed by atoms with Crippen molar-refractivity contribution < 1.29 is 43.4 Å². The molecular weight excluding hydrogens is 552 g/mol. The average molecular weight is 597 g/mol. The van der Waals surface area contributed by atoms with Gasteiger partial charge in [-0.2, -0.15) is 0 Å². The minimum Gasteiger partial charge on any atom is -0.491 e. The van der Waals surface area contributed by atoms with Gasteiger partial charge in [-0.05, 0) is 76.0 Å². The van der Waals surface area contributed by atoms with Crippen molar-refractivity contribution in [1.29, 1.82) is 0 Å². The molecule has 3 aliphatic rings. The number of rotatable bonds is 16. The highest BCUT2D eigenvalue weighted by atomic mass is 35.5. The standard InChI is InChI=1S/C31H45ClO9/c32-22-10-9-11-23(18-22)38-20-24(40-29-14-5-7-16-36-29)21-39-31-25(12-3-1-2-4-13-28(34)35)26(33)19-27(31)41-30-15-6-8-17-37-30/h1,3,9-11,18,24-27,29-31,33H,2,4-8,12-17,19-21H2,(H,34,35)/t24?,25-,26-,27+,29?,30?,31+/m0/s1. The van der Waals surface area contributed by atoms with Gasteiger partial charge in [0.15, 0.2) is 12.6 Å². The molecule has 2 N–H and O–H groups in total. The molecule has 41 heavy (non-hydrogen) atoms. The van der Waals surface area contributed by atoms with Crippen LogP contribution in [0.15, 0.2) is 36.4 Å². The summed E-state index contributed by atoms with van der Waals surface area (Å²) >= 11 is 6.14. The molecule has 2 aliphatic heterocycles. The molecule has 0 amide bonds. The van der Waals surface area contributed by atoms with Gasteiger partial charge in [0.1, 0.15) is 18.5 Å². The Hall–Kier alpha value is -1.72. The fourth-order valence-electron chi connectivity index (χ4n) is 5.58. The van der Waals surface area contributed by atoms with E-state index in [1.807, 2.05) is 24.3 Å². The molecule has 4 rings (SSSR count). The SMILES string of the molecule is O=C(O)CCCC=CC[C@@H]1[C@@H](OCC(COc2cccc(Cl)c2)OC2CCCCO2)[C@H](OC2CCCCO2)C[C@@H]1O. The Bertz CT molecular complexity index is 932. The van der Waals surface area contributed by atoms with E-state index in [1.54, 1.807) is 12.1 Å². The number of carboxylic acid groups (broad SMARTS) is 1. The number of benzene rings is 1. The number of ether oxygens (including phenoxy) is 6. The second-order valence-electron chi connectivity index (χ2n) is 11.1. The summed E-state index contributed by atoms with van der Waals surface area (Å²) in [6, 6.07) is 7.24. The fourth-order valence-corrected chi connectivity index (χ4v) is 5.76. The number of hydrogen-bond acceptors (Lipinski definition) is 8.